The number of ether oxygens (including phenoxy) is 1. The lowest BCUT2D eigenvalue weighted by Crippen LogP contribution is -2.39. The normalized spacial score (nSPS) is 16.3. The lowest BCUT2D eigenvalue weighted by Gasteiger charge is -2.23. The van der Waals surface area contributed by atoms with Crippen LogP contribution in [0, 0.1) is 0 Å². The van der Waals surface area contributed by atoms with E-state index in [9.17, 15) is 0 Å². The van der Waals surface area contributed by atoms with Crippen molar-refractivity contribution in [1.82, 2.24) is 20.6 Å². The minimum Gasteiger partial charge on any atom is -0.480 e. The molecule has 0 bridgehead atoms. The summed E-state index contributed by atoms with van der Waals surface area (Å²) >= 11 is 0. The Labute approximate surface area is 108 Å². The summed E-state index contributed by atoms with van der Waals surface area (Å²) in [6.07, 6.45) is 5.68. The van der Waals surface area contributed by atoms with Gasteiger partial charge >= 0.3 is 0 Å². The number of nitrogens with zero attached hydrogens (tertiary/aromatic N) is 2. The van der Waals surface area contributed by atoms with Crippen LogP contribution in [0.5, 0.6) is 5.88 Å². The Morgan fingerprint density at radius 3 is 2.76 bits per heavy atom. The topological polar surface area (TPSA) is 59.1 Å². The standard InChI is InChI=1S/C11H18N4O.ClH/c1-16-11-10(13-6-7-14-11)8-15-9-2-4-12-5-3-9;/h6-7,9,12,15H,2-5,8H2,1H3;1H. The van der Waals surface area contributed by atoms with Crippen molar-refractivity contribution in [2.75, 3.05) is 20.2 Å². The molecule has 0 spiro atoms. The van der Waals surface area contributed by atoms with Crippen LogP contribution in [0.3, 0.4) is 0 Å². The molecule has 1 aliphatic rings. The highest BCUT2D eigenvalue weighted by Gasteiger charge is 2.13. The summed E-state index contributed by atoms with van der Waals surface area (Å²) in [6, 6.07) is 0.577. The second-order valence-corrected chi connectivity index (χ2v) is 3.92. The largest absolute Gasteiger partial charge is 0.480 e. The predicted molar refractivity (Wildman–Crippen MR) is 68.6 cm³/mol. The lowest BCUT2D eigenvalue weighted by atomic mass is 10.1. The molecule has 0 aromatic carbocycles. The Hall–Kier alpha value is -0.910. The Balaban J connectivity index is 0.00000144. The van der Waals surface area contributed by atoms with E-state index in [2.05, 4.69) is 20.6 Å². The Morgan fingerprint density at radius 1 is 1.35 bits per heavy atom. The van der Waals surface area contributed by atoms with Crippen molar-refractivity contribution >= 4 is 12.4 Å². The Morgan fingerprint density at radius 2 is 2.06 bits per heavy atom. The van der Waals surface area contributed by atoms with E-state index in [1.807, 2.05) is 0 Å². The molecule has 2 rings (SSSR count). The van der Waals surface area contributed by atoms with Gasteiger partial charge in [-0.05, 0) is 25.9 Å². The van der Waals surface area contributed by atoms with Gasteiger partial charge in [0.25, 0.3) is 0 Å². The minimum absolute atomic E-state index is 0. The van der Waals surface area contributed by atoms with E-state index in [1.54, 1.807) is 19.5 Å². The number of halogens is 1. The zero-order valence-electron chi connectivity index (χ0n) is 9.98. The van der Waals surface area contributed by atoms with Crippen molar-refractivity contribution < 1.29 is 4.74 Å². The first kappa shape index (κ1) is 14.2. The van der Waals surface area contributed by atoms with E-state index in [-0.39, 0.29) is 12.4 Å². The van der Waals surface area contributed by atoms with E-state index in [0.29, 0.717) is 11.9 Å². The zero-order valence-corrected chi connectivity index (χ0v) is 10.8. The summed E-state index contributed by atoms with van der Waals surface area (Å²) < 4.78 is 5.16. The molecule has 5 nitrogen and oxygen atoms in total. The fourth-order valence-corrected chi connectivity index (χ4v) is 1.91. The number of hydrogen-bond donors (Lipinski definition) is 2. The van der Waals surface area contributed by atoms with E-state index in [0.717, 1.165) is 25.3 Å². The molecule has 0 radical (unpaired) electrons. The van der Waals surface area contributed by atoms with Crippen LogP contribution in [0.25, 0.3) is 0 Å². The molecule has 2 heterocycles. The molecule has 1 saturated heterocycles. The maximum Gasteiger partial charge on any atom is 0.236 e. The van der Waals surface area contributed by atoms with Crippen LogP contribution in [0.15, 0.2) is 12.4 Å². The van der Waals surface area contributed by atoms with Gasteiger partial charge in [0, 0.05) is 25.0 Å². The van der Waals surface area contributed by atoms with Crippen molar-refractivity contribution in [2.24, 2.45) is 0 Å². The first-order chi connectivity index (χ1) is 7.90. The molecule has 0 unspecified atom stereocenters. The number of rotatable bonds is 4. The zero-order chi connectivity index (χ0) is 11.2. The average Bonchev–Trinajstić information content (AvgIpc) is 2.38. The van der Waals surface area contributed by atoms with Crippen LogP contribution in [0.1, 0.15) is 18.5 Å². The van der Waals surface area contributed by atoms with Gasteiger partial charge in [0.1, 0.15) is 5.69 Å². The fraction of sp³-hybridized carbons (Fsp3) is 0.636. The maximum absolute atomic E-state index is 5.16. The quantitative estimate of drug-likeness (QED) is 0.835. The van der Waals surface area contributed by atoms with Crippen LogP contribution in [-0.2, 0) is 6.54 Å². The highest BCUT2D eigenvalue weighted by molar-refractivity contribution is 5.85. The SMILES string of the molecule is COc1nccnc1CNC1CCNCC1.Cl. The highest BCUT2D eigenvalue weighted by Crippen LogP contribution is 2.11. The maximum atomic E-state index is 5.16. The van der Waals surface area contributed by atoms with Crippen molar-refractivity contribution in [3.8, 4) is 5.88 Å². The summed E-state index contributed by atoms with van der Waals surface area (Å²) in [4.78, 5) is 8.39. The smallest absolute Gasteiger partial charge is 0.236 e. The van der Waals surface area contributed by atoms with E-state index < -0.39 is 0 Å². The van der Waals surface area contributed by atoms with Gasteiger partial charge < -0.3 is 15.4 Å². The molecule has 96 valence electrons. The summed E-state index contributed by atoms with van der Waals surface area (Å²) in [5.74, 6) is 0.615. The molecule has 0 aliphatic carbocycles. The molecule has 1 fully saturated rings. The fourth-order valence-electron chi connectivity index (χ4n) is 1.91. The van der Waals surface area contributed by atoms with Gasteiger partial charge in [0.2, 0.25) is 5.88 Å². The van der Waals surface area contributed by atoms with Crippen LogP contribution >= 0.6 is 12.4 Å². The summed E-state index contributed by atoms with van der Waals surface area (Å²) in [5.41, 5.74) is 0.878. The molecule has 6 heteroatoms. The highest BCUT2D eigenvalue weighted by atomic mass is 35.5. The second-order valence-electron chi connectivity index (χ2n) is 3.92. The third kappa shape index (κ3) is 4.11. The van der Waals surface area contributed by atoms with Crippen molar-refractivity contribution in [2.45, 2.75) is 25.4 Å². The number of hydrogen-bond acceptors (Lipinski definition) is 5. The third-order valence-corrected chi connectivity index (χ3v) is 2.83. The predicted octanol–water partition coefficient (Wildman–Crippen LogP) is 0.749. The number of aromatic nitrogens is 2. The van der Waals surface area contributed by atoms with Crippen molar-refractivity contribution in [3.05, 3.63) is 18.1 Å². The van der Waals surface area contributed by atoms with Gasteiger partial charge in [0.05, 0.1) is 7.11 Å². The Kier molecular flexibility index (Phi) is 6.18. The molecule has 17 heavy (non-hydrogen) atoms. The van der Waals surface area contributed by atoms with Gasteiger partial charge in [0.15, 0.2) is 0 Å². The van der Waals surface area contributed by atoms with E-state index >= 15 is 0 Å². The number of methoxy groups -OCH3 is 1. The monoisotopic (exact) mass is 258 g/mol. The molecule has 1 aromatic heterocycles. The first-order valence-corrected chi connectivity index (χ1v) is 5.68. The summed E-state index contributed by atoms with van der Waals surface area (Å²) in [6.45, 7) is 2.91. The van der Waals surface area contributed by atoms with E-state index in [1.165, 1.54) is 12.8 Å². The molecule has 1 aromatic rings. The number of nitrogens with one attached hydrogen (secondary N) is 2. The van der Waals surface area contributed by atoms with Gasteiger partial charge in [-0.1, -0.05) is 0 Å². The van der Waals surface area contributed by atoms with Crippen LogP contribution in [0.4, 0.5) is 0 Å². The van der Waals surface area contributed by atoms with Crippen LogP contribution < -0.4 is 15.4 Å². The molecular weight excluding hydrogens is 240 g/mol. The van der Waals surface area contributed by atoms with Crippen LogP contribution in [-0.4, -0.2) is 36.2 Å². The molecule has 1 aliphatic heterocycles. The minimum atomic E-state index is 0. The number of piperidine rings is 1. The van der Waals surface area contributed by atoms with E-state index in [4.69, 9.17) is 4.74 Å². The first-order valence-electron chi connectivity index (χ1n) is 5.68. The molecular formula is C11H19ClN4O. The van der Waals surface area contributed by atoms with Crippen molar-refractivity contribution in [3.63, 3.8) is 0 Å². The summed E-state index contributed by atoms with van der Waals surface area (Å²) in [7, 11) is 1.62. The molecule has 2 N–H and O–H groups in total. The molecule has 0 atom stereocenters. The Bertz CT molecular complexity index is 331. The average molecular weight is 259 g/mol. The molecule has 0 saturated carbocycles. The molecule has 0 amide bonds. The van der Waals surface area contributed by atoms with Gasteiger partial charge in [-0.3, -0.25) is 4.98 Å². The third-order valence-electron chi connectivity index (χ3n) is 2.83. The second kappa shape index (κ2) is 7.42. The summed E-state index contributed by atoms with van der Waals surface area (Å²) in [5, 5.41) is 6.83. The lowest BCUT2D eigenvalue weighted by molar-refractivity contribution is 0.366. The van der Waals surface area contributed by atoms with Crippen LogP contribution in [0.2, 0.25) is 0 Å². The van der Waals surface area contributed by atoms with Crippen molar-refractivity contribution in [1.29, 1.82) is 0 Å². The van der Waals surface area contributed by atoms with Gasteiger partial charge in [-0.25, -0.2) is 4.98 Å². The van der Waals surface area contributed by atoms with Gasteiger partial charge in [-0.2, -0.15) is 0 Å². The van der Waals surface area contributed by atoms with Gasteiger partial charge in [-0.15, -0.1) is 12.4 Å².